The molecule has 0 bridgehead atoms. The first-order valence-electron chi connectivity index (χ1n) is 12.8. The van der Waals surface area contributed by atoms with Gasteiger partial charge in [0.25, 0.3) is 5.91 Å². The zero-order valence-electron chi connectivity index (χ0n) is 21.0. The smallest absolute Gasteiger partial charge is 0.409 e. The van der Waals surface area contributed by atoms with Gasteiger partial charge in [-0.15, -0.1) is 0 Å². The van der Waals surface area contributed by atoms with Crippen LogP contribution in [0.1, 0.15) is 36.5 Å². The maximum atomic E-state index is 14.3. The Morgan fingerprint density at radius 2 is 1.94 bits per heavy atom. The number of hydrogen-bond donors (Lipinski definition) is 1. The topological polar surface area (TPSA) is 78.0 Å². The summed E-state index contributed by atoms with van der Waals surface area (Å²) in [5.41, 5.74) is 2.80. The summed E-state index contributed by atoms with van der Waals surface area (Å²) in [6, 6.07) is 9.35. The lowest BCUT2D eigenvalue weighted by molar-refractivity contribution is -0.00294. The number of amides is 2. The van der Waals surface area contributed by atoms with E-state index in [4.69, 9.17) is 4.74 Å². The van der Waals surface area contributed by atoms with E-state index in [0.29, 0.717) is 29.5 Å². The van der Waals surface area contributed by atoms with Gasteiger partial charge in [-0.3, -0.25) is 14.7 Å². The van der Waals surface area contributed by atoms with E-state index in [0.717, 1.165) is 64.2 Å². The van der Waals surface area contributed by atoms with Gasteiger partial charge in [-0.2, -0.15) is 0 Å². The molecule has 9 heteroatoms. The van der Waals surface area contributed by atoms with Crippen molar-refractivity contribution in [3.05, 3.63) is 47.9 Å². The Morgan fingerprint density at radius 3 is 2.67 bits per heavy atom. The van der Waals surface area contributed by atoms with Gasteiger partial charge in [0.1, 0.15) is 5.82 Å². The largest absolute Gasteiger partial charge is 0.450 e. The minimum atomic E-state index is -0.387. The summed E-state index contributed by atoms with van der Waals surface area (Å²) < 4.78 is 19.5. The second kappa shape index (κ2) is 10.0. The van der Waals surface area contributed by atoms with Crippen molar-refractivity contribution in [2.75, 3.05) is 57.8 Å². The fourth-order valence-electron chi connectivity index (χ4n) is 6.11. The molecule has 1 N–H and O–H groups in total. The van der Waals surface area contributed by atoms with Crippen molar-refractivity contribution >= 4 is 17.7 Å². The highest BCUT2D eigenvalue weighted by atomic mass is 19.1. The molecule has 0 unspecified atom stereocenters. The molecular weight excluding hydrogens is 461 g/mol. The summed E-state index contributed by atoms with van der Waals surface area (Å²) in [4.78, 5) is 35.4. The van der Waals surface area contributed by atoms with Crippen molar-refractivity contribution in [3.8, 4) is 11.3 Å². The third kappa shape index (κ3) is 4.64. The Kier molecular flexibility index (Phi) is 6.83. The fraction of sp³-hybridized carbons (Fsp3) is 0.519. The van der Waals surface area contributed by atoms with Gasteiger partial charge in [0.05, 0.1) is 24.2 Å². The van der Waals surface area contributed by atoms with Gasteiger partial charge in [-0.05, 0) is 32.3 Å². The molecule has 2 aromatic rings. The van der Waals surface area contributed by atoms with E-state index in [1.165, 1.54) is 12.3 Å². The number of aromatic nitrogens is 1. The van der Waals surface area contributed by atoms with Crippen LogP contribution in [0.5, 0.6) is 0 Å². The highest BCUT2D eigenvalue weighted by Crippen LogP contribution is 2.47. The van der Waals surface area contributed by atoms with Gasteiger partial charge in [0, 0.05) is 75.0 Å². The Balaban J connectivity index is 1.25. The molecule has 36 heavy (non-hydrogen) atoms. The highest BCUT2D eigenvalue weighted by molar-refractivity contribution is 6.01. The molecule has 1 spiro atoms. The Bertz CT molecular complexity index is 1130. The number of rotatable bonds is 5. The Hall–Kier alpha value is -3.20. The number of halogens is 1. The van der Waals surface area contributed by atoms with E-state index in [9.17, 15) is 14.0 Å². The zero-order valence-corrected chi connectivity index (χ0v) is 21.0. The molecule has 192 valence electrons. The van der Waals surface area contributed by atoms with Gasteiger partial charge < -0.3 is 19.9 Å². The number of carbonyl (C=O) groups excluding carboxylic acids is 2. The maximum absolute atomic E-state index is 14.3. The first kappa shape index (κ1) is 24.5. The second-order valence-corrected chi connectivity index (χ2v) is 10.1. The van der Waals surface area contributed by atoms with Crippen LogP contribution in [0.4, 0.5) is 14.9 Å². The number of hydrogen-bond acceptors (Lipinski definition) is 6. The average Bonchev–Trinajstić information content (AvgIpc) is 3.34. The number of carbonyl (C=O) groups is 2. The van der Waals surface area contributed by atoms with Crippen LogP contribution < -0.4 is 10.2 Å². The average molecular weight is 496 g/mol. The number of pyridine rings is 1. The van der Waals surface area contributed by atoms with Crippen LogP contribution in [-0.4, -0.2) is 85.7 Å². The van der Waals surface area contributed by atoms with Crippen LogP contribution in [0, 0.1) is 11.2 Å². The van der Waals surface area contributed by atoms with E-state index in [2.05, 4.69) is 20.1 Å². The van der Waals surface area contributed by atoms with Crippen molar-refractivity contribution in [3.63, 3.8) is 0 Å². The fourth-order valence-corrected chi connectivity index (χ4v) is 6.11. The Morgan fingerprint density at radius 1 is 1.19 bits per heavy atom. The Labute approximate surface area is 211 Å². The number of ether oxygens (including phenoxy) is 1. The molecule has 1 saturated carbocycles. The van der Waals surface area contributed by atoms with Crippen LogP contribution in [0.25, 0.3) is 11.3 Å². The molecule has 3 heterocycles. The molecule has 0 radical (unpaired) electrons. The van der Waals surface area contributed by atoms with Crippen LogP contribution in [0.2, 0.25) is 0 Å². The lowest BCUT2D eigenvalue weighted by Crippen LogP contribution is -2.58. The third-order valence-corrected chi connectivity index (χ3v) is 7.91. The number of anilines is 1. The van der Waals surface area contributed by atoms with E-state index < -0.39 is 0 Å². The van der Waals surface area contributed by atoms with E-state index in [1.807, 2.05) is 30.0 Å². The van der Waals surface area contributed by atoms with Gasteiger partial charge in [-0.1, -0.05) is 18.2 Å². The number of nitrogens with one attached hydrogen (secondary N) is 1. The first-order chi connectivity index (χ1) is 17.4. The SMILES string of the molecule is CCOC(=O)N1CC2(CC[C@@H](N3CCN(c4cc(F)cnc4-c4ccccc4C(=O)NC)CC3)C2)C1. The van der Waals surface area contributed by atoms with Crippen LogP contribution in [0.15, 0.2) is 36.5 Å². The summed E-state index contributed by atoms with van der Waals surface area (Å²) in [5.74, 6) is -0.581. The van der Waals surface area contributed by atoms with Crippen molar-refractivity contribution in [1.29, 1.82) is 0 Å². The molecule has 3 fully saturated rings. The molecule has 8 nitrogen and oxygen atoms in total. The molecule has 1 aromatic carbocycles. The van der Waals surface area contributed by atoms with Gasteiger partial charge in [0.2, 0.25) is 0 Å². The quantitative estimate of drug-likeness (QED) is 0.685. The molecule has 3 aliphatic rings. The van der Waals surface area contributed by atoms with Crippen molar-refractivity contribution in [1.82, 2.24) is 20.1 Å². The van der Waals surface area contributed by atoms with Crippen molar-refractivity contribution < 1.29 is 18.7 Å². The molecule has 2 saturated heterocycles. The number of likely N-dealkylation sites (tertiary alicyclic amines) is 1. The van der Waals surface area contributed by atoms with Crippen molar-refractivity contribution in [2.24, 2.45) is 5.41 Å². The van der Waals surface area contributed by atoms with Crippen LogP contribution in [-0.2, 0) is 4.74 Å². The third-order valence-electron chi connectivity index (χ3n) is 7.91. The highest BCUT2D eigenvalue weighted by Gasteiger charge is 2.51. The van der Waals surface area contributed by atoms with E-state index in [1.54, 1.807) is 13.1 Å². The molecule has 2 amide bonds. The summed E-state index contributed by atoms with van der Waals surface area (Å²) in [7, 11) is 1.60. The predicted octanol–water partition coefficient (Wildman–Crippen LogP) is 3.38. The van der Waals surface area contributed by atoms with Gasteiger partial charge in [-0.25, -0.2) is 9.18 Å². The molecule has 2 aliphatic heterocycles. The molecule has 5 rings (SSSR count). The number of nitrogens with zero attached hydrogens (tertiary/aromatic N) is 4. The molecular formula is C27H34FN5O3. The van der Waals surface area contributed by atoms with Gasteiger partial charge >= 0.3 is 6.09 Å². The molecule has 1 aliphatic carbocycles. The lowest BCUT2D eigenvalue weighted by atomic mass is 9.78. The normalized spacial score (nSPS) is 21.4. The second-order valence-electron chi connectivity index (χ2n) is 10.1. The lowest BCUT2D eigenvalue weighted by Gasteiger charge is -2.48. The monoisotopic (exact) mass is 495 g/mol. The first-order valence-corrected chi connectivity index (χ1v) is 12.8. The van der Waals surface area contributed by atoms with E-state index >= 15 is 0 Å². The minimum Gasteiger partial charge on any atom is -0.450 e. The molecule has 1 atom stereocenters. The summed E-state index contributed by atoms with van der Waals surface area (Å²) >= 11 is 0. The zero-order chi connectivity index (χ0) is 25.3. The maximum Gasteiger partial charge on any atom is 0.409 e. The van der Waals surface area contributed by atoms with Crippen LogP contribution >= 0.6 is 0 Å². The molecule has 1 aromatic heterocycles. The standard InChI is InChI=1S/C27H34FN5O3/c1-3-36-26(35)33-17-27(18-33)9-8-20(15-27)31-10-12-32(13-11-31)23-14-19(28)16-30-24(23)21-6-4-5-7-22(21)25(34)29-2/h4-7,14,16,20H,3,8-13,15,17-18H2,1-2H3,(H,29,34)/t20-/m1/s1. The van der Waals surface area contributed by atoms with Crippen molar-refractivity contribution in [2.45, 2.75) is 32.2 Å². The van der Waals surface area contributed by atoms with Gasteiger partial charge in [0.15, 0.2) is 0 Å². The van der Waals surface area contributed by atoms with E-state index in [-0.39, 0.29) is 23.2 Å². The summed E-state index contributed by atoms with van der Waals surface area (Å²) in [6.07, 6.45) is 4.41. The number of piperazine rings is 1. The summed E-state index contributed by atoms with van der Waals surface area (Å²) in [5, 5.41) is 2.68. The number of benzene rings is 1. The summed E-state index contributed by atoms with van der Waals surface area (Å²) in [6.45, 7) is 7.14. The van der Waals surface area contributed by atoms with Crippen LogP contribution in [0.3, 0.4) is 0 Å². The minimum absolute atomic E-state index is 0.194. The predicted molar refractivity (Wildman–Crippen MR) is 135 cm³/mol.